The van der Waals surface area contributed by atoms with Gasteiger partial charge in [0.05, 0.1) is 35.9 Å². The number of hydrogen-bond acceptors (Lipinski definition) is 7. The molecule has 0 fully saturated rings. The van der Waals surface area contributed by atoms with Gasteiger partial charge in [0.1, 0.15) is 0 Å². The quantitative estimate of drug-likeness (QED) is 0.238. The van der Waals surface area contributed by atoms with Gasteiger partial charge in [-0.25, -0.2) is 4.98 Å². The summed E-state index contributed by atoms with van der Waals surface area (Å²) in [4.78, 5) is 18.1. The molecule has 0 saturated carbocycles. The van der Waals surface area contributed by atoms with Gasteiger partial charge in [-0.1, -0.05) is 27.7 Å². The number of non-ortho nitro benzene ring substituents is 1. The second-order valence-corrected chi connectivity index (χ2v) is 9.14. The molecule has 1 aromatic heterocycles. The Bertz CT molecular complexity index is 1120. The number of hydrogen-bond donors (Lipinski definition) is 1. The Morgan fingerprint density at radius 2 is 1.58 bits per heavy atom. The van der Waals surface area contributed by atoms with Gasteiger partial charge in [0.2, 0.25) is 0 Å². The number of methoxy groups -OCH3 is 2. The van der Waals surface area contributed by atoms with E-state index in [1.165, 1.54) is 12.1 Å². The van der Waals surface area contributed by atoms with Gasteiger partial charge in [-0.05, 0) is 24.0 Å². The molecule has 3 aromatic rings. The fourth-order valence-corrected chi connectivity index (χ4v) is 4.19. The van der Waals surface area contributed by atoms with Crippen LogP contribution in [0.5, 0.6) is 11.5 Å². The number of nitro groups is 1. The molecule has 0 aliphatic carbocycles. The van der Waals surface area contributed by atoms with Crippen molar-refractivity contribution >= 4 is 33.2 Å². The standard InChI is InChI=1S/C25H34N4O4/c1-16(2)14-28(15-17(3)4)10-9-26-25-19-8-7-18(29(30)31)11-21(19)27-22-13-24(33-6)23(32-5)12-20(22)25/h7-8,11-13,16-17H,9-10,14-15H2,1-6H3,(H,26,27). The summed E-state index contributed by atoms with van der Waals surface area (Å²) in [6, 6.07) is 8.51. The van der Waals surface area contributed by atoms with Crippen LogP contribution in [0, 0.1) is 22.0 Å². The summed E-state index contributed by atoms with van der Waals surface area (Å²) in [5.74, 6) is 2.35. The summed E-state index contributed by atoms with van der Waals surface area (Å²) in [5, 5.41) is 16.6. The lowest BCUT2D eigenvalue weighted by Gasteiger charge is -2.26. The van der Waals surface area contributed by atoms with Crippen LogP contribution >= 0.6 is 0 Å². The zero-order valence-electron chi connectivity index (χ0n) is 20.3. The molecule has 0 bridgehead atoms. The maximum Gasteiger partial charge on any atom is 0.271 e. The van der Waals surface area contributed by atoms with Crippen molar-refractivity contribution in [2.45, 2.75) is 27.7 Å². The lowest BCUT2D eigenvalue weighted by Crippen LogP contribution is -2.35. The number of aromatic nitrogens is 1. The molecule has 0 amide bonds. The Kier molecular flexibility index (Phi) is 7.92. The van der Waals surface area contributed by atoms with E-state index in [0.717, 1.165) is 42.6 Å². The van der Waals surface area contributed by atoms with Crippen LogP contribution in [0.2, 0.25) is 0 Å². The molecule has 8 heteroatoms. The van der Waals surface area contributed by atoms with Gasteiger partial charge in [-0.15, -0.1) is 0 Å². The molecular weight excluding hydrogens is 420 g/mol. The van der Waals surface area contributed by atoms with Crippen LogP contribution in [0.3, 0.4) is 0 Å². The van der Waals surface area contributed by atoms with Crippen molar-refractivity contribution in [3.05, 3.63) is 40.4 Å². The molecule has 1 N–H and O–H groups in total. The molecule has 0 unspecified atom stereocenters. The Balaban J connectivity index is 2.04. The van der Waals surface area contributed by atoms with Gasteiger partial charge in [0, 0.05) is 55.2 Å². The molecule has 0 aliphatic heterocycles. The summed E-state index contributed by atoms with van der Waals surface area (Å²) in [5.41, 5.74) is 2.15. The van der Waals surface area contributed by atoms with Crippen molar-refractivity contribution in [3.63, 3.8) is 0 Å². The Labute approximate surface area is 195 Å². The van der Waals surface area contributed by atoms with E-state index in [9.17, 15) is 10.1 Å². The van der Waals surface area contributed by atoms with Gasteiger partial charge in [-0.2, -0.15) is 0 Å². The van der Waals surface area contributed by atoms with E-state index in [4.69, 9.17) is 14.5 Å². The molecule has 33 heavy (non-hydrogen) atoms. The van der Waals surface area contributed by atoms with Crippen molar-refractivity contribution in [2.75, 3.05) is 45.7 Å². The van der Waals surface area contributed by atoms with Gasteiger partial charge in [-0.3, -0.25) is 10.1 Å². The van der Waals surface area contributed by atoms with Crippen molar-refractivity contribution in [2.24, 2.45) is 11.8 Å². The normalized spacial score (nSPS) is 11.7. The summed E-state index contributed by atoms with van der Waals surface area (Å²) in [7, 11) is 3.18. The molecule has 1 heterocycles. The molecule has 0 atom stereocenters. The van der Waals surface area contributed by atoms with Crippen LogP contribution in [0.25, 0.3) is 21.8 Å². The third-order valence-corrected chi connectivity index (χ3v) is 5.45. The van der Waals surface area contributed by atoms with Crippen molar-refractivity contribution < 1.29 is 14.4 Å². The number of nitrogens with zero attached hydrogens (tertiary/aromatic N) is 3. The van der Waals surface area contributed by atoms with E-state index in [-0.39, 0.29) is 5.69 Å². The van der Waals surface area contributed by atoms with Crippen LogP contribution < -0.4 is 14.8 Å². The predicted molar refractivity (Wildman–Crippen MR) is 134 cm³/mol. The first-order chi connectivity index (χ1) is 15.7. The molecule has 8 nitrogen and oxygen atoms in total. The fourth-order valence-electron chi connectivity index (χ4n) is 4.19. The number of benzene rings is 2. The van der Waals surface area contributed by atoms with E-state index in [1.54, 1.807) is 26.4 Å². The predicted octanol–water partition coefficient (Wildman–Crippen LogP) is 5.34. The number of pyridine rings is 1. The SMILES string of the molecule is COc1cc2nc3cc([N+](=O)[O-])ccc3c(NCCN(CC(C)C)CC(C)C)c2cc1OC. The van der Waals surface area contributed by atoms with E-state index >= 15 is 0 Å². The van der Waals surface area contributed by atoms with Crippen molar-refractivity contribution in [3.8, 4) is 11.5 Å². The lowest BCUT2D eigenvalue weighted by molar-refractivity contribution is -0.384. The molecule has 2 aromatic carbocycles. The number of anilines is 1. The fraction of sp³-hybridized carbons (Fsp3) is 0.480. The average molecular weight is 455 g/mol. The third-order valence-electron chi connectivity index (χ3n) is 5.45. The number of rotatable bonds is 11. The van der Waals surface area contributed by atoms with Gasteiger partial charge in [0.25, 0.3) is 5.69 Å². The lowest BCUT2D eigenvalue weighted by atomic mass is 10.1. The molecule has 0 aliphatic rings. The first kappa shape index (κ1) is 24.5. The smallest absolute Gasteiger partial charge is 0.271 e. The molecule has 0 radical (unpaired) electrons. The van der Waals surface area contributed by atoms with Crippen LogP contribution in [0.15, 0.2) is 30.3 Å². The highest BCUT2D eigenvalue weighted by molar-refractivity contribution is 6.08. The monoisotopic (exact) mass is 454 g/mol. The molecular formula is C25H34N4O4. The highest BCUT2D eigenvalue weighted by Gasteiger charge is 2.17. The minimum absolute atomic E-state index is 0.0146. The van der Waals surface area contributed by atoms with Crippen LogP contribution in [0.1, 0.15) is 27.7 Å². The number of nitrogens with one attached hydrogen (secondary N) is 1. The zero-order chi connectivity index (χ0) is 24.1. The van der Waals surface area contributed by atoms with Crippen LogP contribution in [-0.2, 0) is 0 Å². The van der Waals surface area contributed by atoms with E-state index in [0.29, 0.717) is 34.4 Å². The molecule has 0 saturated heterocycles. The van der Waals surface area contributed by atoms with Crippen LogP contribution in [-0.4, -0.2) is 55.2 Å². The Morgan fingerprint density at radius 3 is 2.15 bits per heavy atom. The molecule has 0 spiro atoms. The third kappa shape index (κ3) is 5.82. The first-order valence-electron chi connectivity index (χ1n) is 11.3. The number of fused-ring (bicyclic) bond motifs is 2. The number of nitro benzene ring substituents is 1. The van der Waals surface area contributed by atoms with Gasteiger partial charge >= 0.3 is 0 Å². The maximum absolute atomic E-state index is 11.3. The largest absolute Gasteiger partial charge is 0.493 e. The summed E-state index contributed by atoms with van der Waals surface area (Å²) in [6.07, 6.45) is 0. The highest BCUT2D eigenvalue weighted by atomic mass is 16.6. The van der Waals surface area contributed by atoms with Crippen molar-refractivity contribution in [1.29, 1.82) is 0 Å². The minimum Gasteiger partial charge on any atom is -0.493 e. The first-order valence-corrected chi connectivity index (χ1v) is 11.3. The summed E-state index contributed by atoms with van der Waals surface area (Å²) < 4.78 is 11.0. The zero-order valence-corrected chi connectivity index (χ0v) is 20.3. The second kappa shape index (κ2) is 10.7. The summed E-state index contributed by atoms with van der Waals surface area (Å²) >= 11 is 0. The molecule has 3 rings (SSSR count). The second-order valence-electron chi connectivity index (χ2n) is 9.14. The average Bonchev–Trinajstić information content (AvgIpc) is 2.76. The Morgan fingerprint density at radius 1 is 0.970 bits per heavy atom. The van der Waals surface area contributed by atoms with Gasteiger partial charge < -0.3 is 19.7 Å². The van der Waals surface area contributed by atoms with Gasteiger partial charge in [0.15, 0.2) is 11.5 Å². The minimum atomic E-state index is -0.400. The van der Waals surface area contributed by atoms with E-state index in [2.05, 4.69) is 37.9 Å². The maximum atomic E-state index is 11.3. The molecule has 178 valence electrons. The van der Waals surface area contributed by atoms with E-state index in [1.807, 2.05) is 6.07 Å². The van der Waals surface area contributed by atoms with Crippen molar-refractivity contribution in [1.82, 2.24) is 9.88 Å². The number of ether oxygens (including phenoxy) is 2. The van der Waals surface area contributed by atoms with E-state index < -0.39 is 4.92 Å². The van der Waals surface area contributed by atoms with Crippen LogP contribution in [0.4, 0.5) is 11.4 Å². The topological polar surface area (TPSA) is 89.8 Å². The highest BCUT2D eigenvalue weighted by Crippen LogP contribution is 2.38. The summed E-state index contributed by atoms with van der Waals surface area (Å²) in [6.45, 7) is 12.6. The Hall–Kier alpha value is -3.13.